The molecule has 1 amide bonds. The van der Waals surface area contributed by atoms with Crippen molar-refractivity contribution in [1.29, 1.82) is 0 Å². The molecule has 2 saturated heterocycles. The second-order valence-corrected chi connectivity index (χ2v) is 5.84. The third-order valence-corrected chi connectivity index (χ3v) is 4.28. The number of carbonyl (C=O) groups excluding carboxylic acids is 1. The predicted octanol–water partition coefficient (Wildman–Crippen LogP) is 0.607. The van der Waals surface area contributed by atoms with Gasteiger partial charge in [-0.25, -0.2) is 4.98 Å². The van der Waals surface area contributed by atoms with Gasteiger partial charge >= 0.3 is 0 Å². The summed E-state index contributed by atoms with van der Waals surface area (Å²) >= 11 is 0. The fourth-order valence-corrected chi connectivity index (χ4v) is 2.98. The lowest BCUT2D eigenvalue weighted by Gasteiger charge is -2.35. The SMILES string of the molecule is Cl.Cl.N[C@@H]1CCN(C(=O)CN2CCN(c3ccccn3)CC2)C1. The molecule has 0 aromatic carbocycles. The predicted molar refractivity (Wildman–Crippen MR) is 96.6 cm³/mol. The van der Waals surface area contributed by atoms with Gasteiger partial charge in [0.1, 0.15) is 5.82 Å². The normalized spacial score (nSPS) is 21.5. The molecule has 0 aliphatic carbocycles. The van der Waals surface area contributed by atoms with Gasteiger partial charge in [-0.1, -0.05) is 6.07 Å². The molecule has 23 heavy (non-hydrogen) atoms. The Labute approximate surface area is 149 Å². The van der Waals surface area contributed by atoms with Gasteiger partial charge in [-0.3, -0.25) is 9.69 Å². The van der Waals surface area contributed by atoms with Gasteiger partial charge in [-0.2, -0.15) is 0 Å². The lowest BCUT2D eigenvalue weighted by atomic mass is 10.3. The molecular weight excluding hydrogens is 337 g/mol. The molecule has 0 radical (unpaired) electrons. The van der Waals surface area contributed by atoms with Crippen molar-refractivity contribution >= 4 is 36.5 Å². The molecule has 8 heteroatoms. The topological polar surface area (TPSA) is 65.7 Å². The summed E-state index contributed by atoms with van der Waals surface area (Å²) in [5.74, 6) is 1.24. The molecule has 1 aromatic rings. The van der Waals surface area contributed by atoms with Gasteiger partial charge < -0.3 is 15.5 Å². The zero-order valence-electron chi connectivity index (χ0n) is 13.1. The van der Waals surface area contributed by atoms with Crippen LogP contribution < -0.4 is 10.6 Å². The molecule has 3 rings (SSSR count). The molecule has 0 saturated carbocycles. The molecule has 1 atom stereocenters. The van der Waals surface area contributed by atoms with E-state index in [9.17, 15) is 4.79 Å². The van der Waals surface area contributed by atoms with Crippen LogP contribution in [-0.2, 0) is 4.79 Å². The largest absolute Gasteiger partial charge is 0.354 e. The average molecular weight is 362 g/mol. The van der Waals surface area contributed by atoms with Crippen molar-refractivity contribution in [3.63, 3.8) is 0 Å². The summed E-state index contributed by atoms with van der Waals surface area (Å²) in [5.41, 5.74) is 5.86. The van der Waals surface area contributed by atoms with Crippen LogP contribution in [0.15, 0.2) is 24.4 Å². The molecule has 0 bridgehead atoms. The highest BCUT2D eigenvalue weighted by Crippen LogP contribution is 2.13. The Kier molecular flexibility index (Phi) is 8.05. The Morgan fingerprint density at radius 1 is 1.17 bits per heavy atom. The number of hydrogen-bond acceptors (Lipinski definition) is 5. The Hall–Kier alpha value is -1.08. The van der Waals surface area contributed by atoms with Gasteiger partial charge in [-0.05, 0) is 18.6 Å². The van der Waals surface area contributed by atoms with Crippen LogP contribution in [0.4, 0.5) is 5.82 Å². The number of hydrogen-bond donors (Lipinski definition) is 1. The molecule has 1 aromatic heterocycles. The molecule has 2 N–H and O–H groups in total. The minimum absolute atomic E-state index is 0. The van der Waals surface area contributed by atoms with E-state index >= 15 is 0 Å². The number of carbonyl (C=O) groups is 1. The van der Waals surface area contributed by atoms with Crippen molar-refractivity contribution in [3.8, 4) is 0 Å². The van der Waals surface area contributed by atoms with E-state index in [1.165, 1.54) is 0 Å². The fourth-order valence-electron chi connectivity index (χ4n) is 2.98. The summed E-state index contributed by atoms with van der Waals surface area (Å²) < 4.78 is 0. The Morgan fingerprint density at radius 2 is 1.91 bits per heavy atom. The molecule has 2 fully saturated rings. The first-order valence-corrected chi connectivity index (χ1v) is 7.64. The zero-order valence-corrected chi connectivity index (χ0v) is 14.8. The van der Waals surface area contributed by atoms with E-state index in [1.54, 1.807) is 0 Å². The van der Waals surface area contributed by atoms with Crippen molar-refractivity contribution < 1.29 is 4.79 Å². The van der Waals surface area contributed by atoms with E-state index in [-0.39, 0.29) is 36.8 Å². The monoisotopic (exact) mass is 361 g/mol. The van der Waals surface area contributed by atoms with Crippen molar-refractivity contribution in [2.24, 2.45) is 5.73 Å². The van der Waals surface area contributed by atoms with Gasteiger partial charge in [0, 0.05) is 51.5 Å². The first-order chi connectivity index (χ1) is 10.2. The lowest BCUT2D eigenvalue weighted by molar-refractivity contribution is -0.131. The van der Waals surface area contributed by atoms with Crippen LogP contribution in [0.5, 0.6) is 0 Å². The number of pyridine rings is 1. The second-order valence-electron chi connectivity index (χ2n) is 5.84. The van der Waals surface area contributed by atoms with E-state index in [0.717, 1.165) is 45.0 Å². The summed E-state index contributed by atoms with van der Waals surface area (Å²) in [4.78, 5) is 23.0. The number of rotatable bonds is 3. The first-order valence-electron chi connectivity index (χ1n) is 7.64. The summed E-state index contributed by atoms with van der Waals surface area (Å²) in [5, 5.41) is 0. The van der Waals surface area contributed by atoms with Crippen molar-refractivity contribution in [2.75, 3.05) is 50.7 Å². The average Bonchev–Trinajstić information content (AvgIpc) is 2.96. The summed E-state index contributed by atoms with van der Waals surface area (Å²) in [6, 6.07) is 6.13. The first kappa shape index (κ1) is 20.0. The molecule has 0 spiro atoms. The Morgan fingerprint density at radius 3 is 2.48 bits per heavy atom. The maximum atomic E-state index is 12.2. The highest BCUT2D eigenvalue weighted by atomic mass is 35.5. The van der Waals surface area contributed by atoms with Gasteiger partial charge in [0.15, 0.2) is 0 Å². The molecule has 3 heterocycles. The van der Waals surface area contributed by atoms with Gasteiger partial charge in [0.05, 0.1) is 6.54 Å². The number of nitrogens with zero attached hydrogens (tertiary/aromatic N) is 4. The molecular formula is C15H25Cl2N5O. The van der Waals surface area contributed by atoms with Crippen LogP contribution in [0.2, 0.25) is 0 Å². The van der Waals surface area contributed by atoms with E-state index in [4.69, 9.17) is 5.73 Å². The van der Waals surface area contributed by atoms with Crippen LogP contribution in [0, 0.1) is 0 Å². The number of piperazine rings is 1. The third kappa shape index (κ3) is 5.21. The number of amides is 1. The lowest BCUT2D eigenvalue weighted by Crippen LogP contribution is -2.50. The van der Waals surface area contributed by atoms with Crippen LogP contribution in [-0.4, -0.2) is 72.5 Å². The van der Waals surface area contributed by atoms with Crippen LogP contribution in [0.25, 0.3) is 0 Å². The molecule has 6 nitrogen and oxygen atoms in total. The van der Waals surface area contributed by atoms with E-state index in [2.05, 4.69) is 14.8 Å². The molecule has 0 unspecified atom stereocenters. The minimum Gasteiger partial charge on any atom is -0.354 e. The number of nitrogens with two attached hydrogens (primary N) is 1. The highest BCUT2D eigenvalue weighted by Gasteiger charge is 2.26. The quantitative estimate of drug-likeness (QED) is 0.854. The van der Waals surface area contributed by atoms with Crippen LogP contribution >= 0.6 is 24.8 Å². The maximum Gasteiger partial charge on any atom is 0.236 e. The smallest absolute Gasteiger partial charge is 0.236 e. The van der Waals surface area contributed by atoms with Gasteiger partial charge in [0.25, 0.3) is 0 Å². The fraction of sp³-hybridized carbons (Fsp3) is 0.600. The number of aromatic nitrogens is 1. The van der Waals surface area contributed by atoms with Crippen molar-refractivity contribution in [1.82, 2.24) is 14.8 Å². The maximum absolute atomic E-state index is 12.2. The highest BCUT2D eigenvalue weighted by molar-refractivity contribution is 5.85. The van der Waals surface area contributed by atoms with Gasteiger partial charge in [0.2, 0.25) is 5.91 Å². The van der Waals surface area contributed by atoms with E-state index in [1.807, 2.05) is 29.3 Å². The molecule has 2 aliphatic rings. The Balaban J connectivity index is 0.00000132. The molecule has 130 valence electrons. The number of halogens is 2. The number of anilines is 1. The molecule has 2 aliphatic heterocycles. The Bertz CT molecular complexity index is 482. The number of likely N-dealkylation sites (tertiary alicyclic amines) is 1. The van der Waals surface area contributed by atoms with Crippen molar-refractivity contribution in [2.45, 2.75) is 12.5 Å². The van der Waals surface area contributed by atoms with Gasteiger partial charge in [-0.15, -0.1) is 24.8 Å². The minimum atomic E-state index is 0. The third-order valence-electron chi connectivity index (χ3n) is 4.28. The van der Waals surface area contributed by atoms with E-state index < -0.39 is 0 Å². The summed E-state index contributed by atoms with van der Waals surface area (Å²) in [7, 11) is 0. The standard InChI is InChI=1S/C15H23N5O.2ClH/c16-13-4-6-20(11-13)15(21)12-18-7-9-19(10-8-18)14-3-1-2-5-17-14;;/h1-3,5,13H,4,6-12,16H2;2*1H/t13-;;/m1../s1. The summed E-state index contributed by atoms with van der Waals surface area (Å²) in [6.07, 6.45) is 2.75. The van der Waals surface area contributed by atoms with Crippen LogP contribution in [0.1, 0.15) is 6.42 Å². The van der Waals surface area contributed by atoms with Crippen LogP contribution in [0.3, 0.4) is 0 Å². The van der Waals surface area contributed by atoms with Crippen molar-refractivity contribution in [3.05, 3.63) is 24.4 Å². The van der Waals surface area contributed by atoms with E-state index in [0.29, 0.717) is 13.1 Å². The zero-order chi connectivity index (χ0) is 14.7. The summed E-state index contributed by atoms with van der Waals surface area (Å²) in [6.45, 7) is 5.70. The second kappa shape index (κ2) is 9.27.